The monoisotopic (exact) mass is 295 g/mol. The molecule has 0 heterocycles. The normalized spacial score (nSPS) is 12.1. The molecule has 0 aliphatic heterocycles. The van der Waals surface area contributed by atoms with Gasteiger partial charge in [0, 0.05) is 24.2 Å². The van der Waals surface area contributed by atoms with Crippen LogP contribution in [0.2, 0.25) is 5.02 Å². The van der Waals surface area contributed by atoms with Crippen LogP contribution in [0.25, 0.3) is 0 Å². The zero-order valence-corrected chi connectivity index (χ0v) is 11.7. The molecule has 0 aliphatic carbocycles. The standard InChI is InChI=1S/C11H15ClFNO3S/c1-3-4-14(2)18(16,17)10-6-9(12)5-8(7-15)11(10)13/h5-6,15H,3-4,7H2,1-2H3. The molecule has 0 spiro atoms. The van der Waals surface area contributed by atoms with Crippen LogP contribution in [-0.4, -0.2) is 31.4 Å². The molecule has 0 aliphatic rings. The number of sulfonamides is 1. The fourth-order valence-corrected chi connectivity index (χ4v) is 3.22. The maximum Gasteiger partial charge on any atom is 0.245 e. The number of hydrogen-bond acceptors (Lipinski definition) is 3. The summed E-state index contributed by atoms with van der Waals surface area (Å²) in [6, 6.07) is 2.26. The maximum absolute atomic E-state index is 13.9. The van der Waals surface area contributed by atoms with Gasteiger partial charge in [-0.05, 0) is 18.6 Å². The van der Waals surface area contributed by atoms with Crippen LogP contribution in [0.1, 0.15) is 18.9 Å². The molecule has 1 aromatic carbocycles. The number of hydrogen-bond donors (Lipinski definition) is 1. The maximum atomic E-state index is 13.9. The largest absolute Gasteiger partial charge is 0.392 e. The predicted octanol–water partition coefficient (Wildman–Crippen LogP) is 2.00. The van der Waals surface area contributed by atoms with E-state index < -0.39 is 27.3 Å². The van der Waals surface area contributed by atoms with Gasteiger partial charge in [0.1, 0.15) is 10.7 Å². The predicted molar refractivity (Wildman–Crippen MR) is 67.4 cm³/mol. The van der Waals surface area contributed by atoms with Gasteiger partial charge in [-0.3, -0.25) is 0 Å². The highest BCUT2D eigenvalue weighted by atomic mass is 35.5. The molecule has 1 rings (SSSR count). The van der Waals surface area contributed by atoms with Crippen molar-refractivity contribution in [1.29, 1.82) is 0 Å². The third kappa shape index (κ3) is 3.00. The first kappa shape index (κ1) is 15.4. The zero-order chi connectivity index (χ0) is 13.9. The lowest BCUT2D eigenvalue weighted by molar-refractivity contribution is 0.274. The lowest BCUT2D eigenvalue weighted by atomic mass is 10.2. The summed E-state index contributed by atoms with van der Waals surface area (Å²) >= 11 is 5.73. The van der Waals surface area contributed by atoms with Crippen molar-refractivity contribution in [1.82, 2.24) is 4.31 Å². The molecular weight excluding hydrogens is 281 g/mol. The summed E-state index contributed by atoms with van der Waals surface area (Å²) in [4.78, 5) is -0.505. The van der Waals surface area contributed by atoms with Crippen LogP contribution < -0.4 is 0 Å². The van der Waals surface area contributed by atoms with Crippen molar-refractivity contribution in [2.24, 2.45) is 0 Å². The topological polar surface area (TPSA) is 57.6 Å². The molecular formula is C11H15ClFNO3S. The summed E-state index contributed by atoms with van der Waals surface area (Å²) < 4.78 is 39.2. The van der Waals surface area contributed by atoms with E-state index in [0.29, 0.717) is 6.42 Å². The number of benzene rings is 1. The van der Waals surface area contributed by atoms with Crippen LogP contribution in [0.3, 0.4) is 0 Å². The van der Waals surface area contributed by atoms with Gasteiger partial charge in [-0.1, -0.05) is 18.5 Å². The molecule has 0 saturated carbocycles. The Kier molecular flexibility index (Phi) is 5.10. The van der Waals surface area contributed by atoms with Gasteiger partial charge < -0.3 is 5.11 Å². The van der Waals surface area contributed by atoms with Crippen LogP contribution in [-0.2, 0) is 16.6 Å². The van der Waals surface area contributed by atoms with E-state index in [1.54, 1.807) is 0 Å². The molecule has 7 heteroatoms. The van der Waals surface area contributed by atoms with E-state index in [2.05, 4.69) is 0 Å². The van der Waals surface area contributed by atoms with Gasteiger partial charge in [-0.25, -0.2) is 17.1 Å². The van der Waals surface area contributed by atoms with Crippen LogP contribution in [0.5, 0.6) is 0 Å². The minimum Gasteiger partial charge on any atom is -0.392 e. The summed E-state index contributed by atoms with van der Waals surface area (Å²) in [5.41, 5.74) is -0.133. The van der Waals surface area contributed by atoms with Gasteiger partial charge in [0.15, 0.2) is 0 Å². The third-order valence-corrected chi connectivity index (χ3v) is 4.55. The second-order valence-electron chi connectivity index (χ2n) is 3.86. The molecule has 1 aromatic rings. The second-order valence-corrected chi connectivity index (χ2v) is 6.31. The van der Waals surface area contributed by atoms with Crippen molar-refractivity contribution in [2.45, 2.75) is 24.8 Å². The smallest absolute Gasteiger partial charge is 0.245 e. The quantitative estimate of drug-likeness (QED) is 0.904. The Balaban J connectivity index is 3.37. The second kappa shape index (κ2) is 5.97. The highest BCUT2D eigenvalue weighted by Crippen LogP contribution is 2.26. The molecule has 1 N–H and O–H groups in total. The Morgan fingerprint density at radius 2 is 2.06 bits per heavy atom. The Morgan fingerprint density at radius 1 is 1.44 bits per heavy atom. The van der Waals surface area contributed by atoms with Crippen molar-refractivity contribution in [3.05, 3.63) is 28.5 Å². The Morgan fingerprint density at radius 3 is 2.56 bits per heavy atom. The highest BCUT2D eigenvalue weighted by Gasteiger charge is 2.26. The molecule has 0 amide bonds. The first-order chi connectivity index (χ1) is 8.34. The van der Waals surface area contributed by atoms with E-state index >= 15 is 0 Å². The Hall–Kier alpha value is -0.690. The minimum atomic E-state index is -3.92. The lowest BCUT2D eigenvalue weighted by Crippen LogP contribution is -2.28. The van der Waals surface area contributed by atoms with Gasteiger partial charge in [-0.15, -0.1) is 0 Å². The summed E-state index contributed by atoms with van der Waals surface area (Å²) in [6.45, 7) is 1.49. The molecule has 4 nitrogen and oxygen atoms in total. The molecule has 0 radical (unpaired) electrons. The Bertz CT molecular complexity index is 533. The van der Waals surface area contributed by atoms with Gasteiger partial charge in [-0.2, -0.15) is 0 Å². The van der Waals surface area contributed by atoms with Gasteiger partial charge in [0.2, 0.25) is 10.0 Å². The average molecular weight is 296 g/mol. The van der Waals surface area contributed by atoms with E-state index in [-0.39, 0.29) is 17.1 Å². The van der Waals surface area contributed by atoms with Crippen LogP contribution in [0.15, 0.2) is 17.0 Å². The summed E-state index contributed by atoms with van der Waals surface area (Å²) in [7, 11) is -2.55. The molecule has 18 heavy (non-hydrogen) atoms. The molecule has 0 saturated heterocycles. The van der Waals surface area contributed by atoms with Crippen LogP contribution >= 0.6 is 11.6 Å². The lowest BCUT2D eigenvalue weighted by Gasteiger charge is -2.17. The summed E-state index contributed by atoms with van der Waals surface area (Å²) in [5, 5.41) is 9.04. The summed E-state index contributed by atoms with van der Waals surface area (Å²) in [5.74, 6) is -0.954. The van der Waals surface area contributed by atoms with Crippen molar-refractivity contribution < 1.29 is 17.9 Å². The number of nitrogens with zero attached hydrogens (tertiary/aromatic N) is 1. The SMILES string of the molecule is CCCN(C)S(=O)(=O)c1cc(Cl)cc(CO)c1F. The Labute approximate surface area is 111 Å². The molecule has 0 unspecified atom stereocenters. The number of halogens is 2. The van der Waals surface area contributed by atoms with E-state index in [9.17, 15) is 12.8 Å². The highest BCUT2D eigenvalue weighted by molar-refractivity contribution is 7.89. The van der Waals surface area contributed by atoms with Crippen molar-refractivity contribution >= 4 is 21.6 Å². The fourth-order valence-electron chi connectivity index (χ4n) is 1.52. The van der Waals surface area contributed by atoms with E-state index in [1.165, 1.54) is 13.1 Å². The molecule has 0 bridgehead atoms. The van der Waals surface area contributed by atoms with Crippen LogP contribution in [0, 0.1) is 5.82 Å². The fraction of sp³-hybridized carbons (Fsp3) is 0.455. The summed E-state index contributed by atoms with van der Waals surface area (Å²) in [6.07, 6.45) is 0.616. The van der Waals surface area contributed by atoms with Crippen LogP contribution in [0.4, 0.5) is 4.39 Å². The minimum absolute atomic E-state index is 0.0731. The number of aliphatic hydroxyl groups excluding tert-OH is 1. The molecule has 0 fully saturated rings. The molecule has 0 aromatic heterocycles. The van der Waals surface area contributed by atoms with Gasteiger partial charge in [0.25, 0.3) is 0 Å². The number of aliphatic hydroxyl groups is 1. The first-order valence-corrected chi connectivity index (χ1v) is 7.21. The zero-order valence-electron chi connectivity index (χ0n) is 10.2. The van der Waals surface area contributed by atoms with Gasteiger partial charge in [0.05, 0.1) is 6.61 Å². The van der Waals surface area contributed by atoms with E-state index in [0.717, 1.165) is 10.4 Å². The van der Waals surface area contributed by atoms with Gasteiger partial charge >= 0.3 is 0 Å². The van der Waals surface area contributed by atoms with E-state index in [1.807, 2.05) is 6.92 Å². The van der Waals surface area contributed by atoms with Crippen molar-refractivity contribution in [3.63, 3.8) is 0 Å². The first-order valence-electron chi connectivity index (χ1n) is 5.39. The average Bonchev–Trinajstić information content (AvgIpc) is 2.31. The number of rotatable bonds is 5. The van der Waals surface area contributed by atoms with Crippen molar-refractivity contribution in [3.8, 4) is 0 Å². The molecule has 102 valence electrons. The van der Waals surface area contributed by atoms with E-state index in [4.69, 9.17) is 16.7 Å². The molecule has 0 atom stereocenters. The van der Waals surface area contributed by atoms with Crippen molar-refractivity contribution in [2.75, 3.05) is 13.6 Å². The third-order valence-electron chi connectivity index (χ3n) is 2.48.